The van der Waals surface area contributed by atoms with E-state index in [0.717, 1.165) is 44.9 Å². The Balaban J connectivity index is 1.30. The second kappa shape index (κ2) is 11.1. The fraction of sp³-hybridized carbons (Fsp3) is 0.892. The van der Waals surface area contributed by atoms with Crippen molar-refractivity contribution in [3.63, 3.8) is 0 Å². The van der Waals surface area contributed by atoms with E-state index in [0.29, 0.717) is 24.5 Å². The number of hydrogen-bond acceptors (Lipinski definition) is 9. The Bertz CT molecular complexity index is 1280. The summed E-state index contributed by atoms with van der Waals surface area (Å²) in [5, 5.41) is 42.8. The number of methoxy groups -OCH3 is 1. The number of rotatable bonds is 4. The van der Waals surface area contributed by atoms with E-state index in [1.807, 2.05) is 0 Å². The standard InChI is InChI=1S/C37H58O9/c1-32(2)17-21-20-9-10-23-34(4)13-12-25(45-31-28(42)26(40)27(41)29(46-31)30(43)44-8)35(5,19-38)22(34)11-14-37(23,7)36(20,6)16-15-33(21,3)24(39)18-32/h9,21-23,25-29,31,38,40-42H,10-19H2,1-8H3. The van der Waals surface area contributed by atoms with Crippen LogP contribution in [0, 0.1) is 50.2 Å². The van der Waals surface area contributed by atoms with Crippen molar-refractivity contribution < 1.29 is 44.2 Å². The van der Waals surface area contributed by atoms with Crippen molar-refractivity contribution in [3.8, 4) is 0 Å². The Labute approximate surface area is 274 Å². The number of hydrogen-bond donors (Lipinski definition) is 4. The maximum atomic E-state index is 13.6. The molecule has 0 bridgehead atoms. The van der Waals surface area contributed by atoms with Gasteiger partial charge in [-0.3, -0.25) is 4.79 Å². The molecule has 0 radical (unpaired) electrons. The number of Topliss-reactive ketones (excluding diaryl/α,β-unsaturated/α-hetero) is 1. The van der Waals surface area contributed by atoms with Gasteiger partial charge in [-0.05, 0) is 90.8 Å². The van der Waals surface area contributed by atoms with Crippen molar-refractivity contribution in [3.05, 3.63) is 11.6 Å². The van der Waals surface area contributed by atoms with Crippen molar-refractivity contribution in [1.82, 2.24) is 0 Å². The minimum atomic E-state index is -1.65. The summed E-state index contributed by atoms with van der Waals surface area (Å²) < 4.78 is 16.9. The molecular weight excluding hydrogens is 588 g/mol. The summed E-state index contributed by atoms with van der Waals surface area (Å²) in [5.41, 5.74) is 0.513. The van der Waals surface area contributed by atoms with Gasteiger partial charge in [-0.15, -0.1) is 0 Å². The highest BCUT2D eigenvalue weighted by atomic mass is 16.7. The minimum Gasteiger partial charge on any atom is -0.467 e. The Morgan fingerprint density at radius 3 is 2.28 bits per heavy atom. The fourth-order valence-corrected chi connectivity index (χ4v) is 12.1. The molecule has 1 aliphatic heterocycles. The van der Waals surface area contributed by atoms with Crippen molar-refractivity contribution >= 4 is 11.8 Å². The van der Waals surface area contributed by atoms with Gasteiger partial charge in [0.05, 0.1) is 19.8 Å². The molecule has 46 heavy (non-hydrogen) atoms. The summed E-state index contributed by atoms with van der Waals surface area (Å²) in [7, 11) is 1.17. The van der Waals surface area contributed by atoms with Gasteiger partial charge >= 0.3 is 5.97 Å². The summed E-state index contributed by atoms with van der Waals surface area (Å²) in [5.74, 6) is 0.360. The highest BCUT2D eigenvalue weighted by molar-refractivity contribution is 5.87. The maximum Gasteiger partial charge on any atom is 0.337 e. The summed E-state index contributed by atoms with van der Waals surface area (Å²) in [6.07, 6.45) is 2.30. The zero-order valence-electron chi connectivity index (χ0n) is 29.2. The summed E-state index contributed by atoms with van der Waals surface area (Å²) >= 11 is 0. The largest absolute Gasteiger partial charge is 0.467 e. The van der Waals surface area contributed by atoms with Crippen molar-refractivity contribution in [2.45, 2.75) is 143 Å². The highest BCUT2D eigenvalue weighted by Crippen LogP contribution is 2.75. The molecular formula is C37H58O9. The molecule has 0 aromatic heterocycles. The second-order valence-electron chi connectivity index (χ2n) is 18.0. The predicted octanol–water partition coefficient (Wildman–Crippen LogP) is 4.33. The number of carbonyl (C=O) groups excluding carboxylic acids is 2. The molecule has 4 N–H and O–H groups in total. The van der Waals surface area contributed by atoms with Crippen molar-refractivity contribution in [2.24, 2.45) is 50.2 Å². The predicted molar refractivity (Wildman–Crippen MR) is 170 cm³/mol. The smallest absolute Gasteiger partial charge is 0.337 e. The number of aliphatic hydroxyl groups is 4. The molecule has 0 amide bonds. The van der Waals surface area contributed by atoms with E-state index in [2.05, 4.69) is 54.5 Å². The third-order valence-corrected chi connectivity index (χ3v) is 15.2. The van der Waals surface area contributed by atoms with Crippen LogP contribution >= 0.6 is 0 Å². The Kier molecular flexibility index (Phi) is 8.31. The zero-order valence-corrected chi connectivity index (χ0v) is 29.2. The number of ether oxygens (including phenoxy) is 3. The molecule has 6 aliphatic rings. The molecule has 9 heteroatoms. The number of fused-ring (bicyclic) bond motifs is 7. The van der Waals surface area contributed by atoms with Gasteiger partial charge in [-0.2, -0.15) is 0 Å². The molecule has 14 atom stereocenters. The first kappa shape index (κ1) is 34.5. The van der Waals surface area contributed by atoms with Crippen LogP contribution in [0.2, 0.25) is 0 Å². The van der Waals surface area contributed by atoms with E-state index in [9.17, 15) is 30.0 Å². The minimum absolute atomic E-state index is 0.00366. The number of esters is 1. The van der Waals surface area contributed by atoms with E-state index in [4.69, 9.17) is 14.2 Å². The highest BCUT2D eigenvalue weighted by Gasteiger charge is 2.69. The summed E-state index contributed by atoms with van der Waals surface area (Å²) in [6.45, 7) is 16.1. The lowest BCUT2D eigenvalue weighted by atomic mass is 9.33. The first-order valence-corrected chi connectivity index (χ1v) is 17.6. The van der Waals surface area contributed by atoms with Crippen LogP contribution in [-0.2, 0) is 23.8 Å². The van der Waals surface area contributed by atoms with Crippen LogP contribution in [0.5, 0.6) is 0 Å². The molecule has 0 spiro atoms. The number of carbonyl (C=O) groups is 2. The lowest BCUT2D eigenvalue weighted by Gasteiger charge is -2.71. The number of ketones is 1. The van der Waals surface area contributed by atoms with E-state index in [1.165, 1.54) is 12.7 Å². The van der Waals surface area contributed by atoms with Crippen LogP contribution in [0.15, 0.2) is 11.6 Å². The lowest BCUT2D eigenvalue weighted by Crippen LogP contribution is -2.67. The van der Waals surface area contributed by atoms with E-state index < -0.39 is 48.2 Å². The van der Waals surface area contributed by atoms with Gasteiger partial charge in [0.25, 0.3) is 0 Å². The average molecular weight is 647 g/mol. The molecule has 5 fully saturated rings. The molecule has 4 saturated carbocycles. The fourth-order valence-electron chi connectivity index (χ4n) is 12.1. The Morgan fingerprint density at radius 1 is 0.935 bits per heavy atom. The van der Waals surface area contributed by atoms with Crippen LogP contribution in [0.3, 0.4) is 0 Å². The summed E-state index contributed by atoms with van der Waals surface area (Å²) in [4.78, 5) is 25.9. The monoisotopic (exact) mass is 646 g/mol. The molecule has 6 rings (SSSR count). The first-order chi connectivity index (χ1) is 21.3. The van der Waals surface area contributed by atoms with Gasteiger partial charge in [0, 0.05) is 17.3 Å². The maximum absolute atomic E-state index is 13.6. The second-order valence-corrected chi connectivity index (χ2v) is 18.0. The molecule has 260 valence electrons. The molecule has 1 saturated heterocycles. The van der Waals surface area contributed by atoms with Crippen LogP contribution in [0.4, 0.5) is 0 Å². The van der Waals surface area contributed by atoms with E-state index in [-0.39, 0.29) is 45.5 Å². The average Bonchev–Trinajstić information content (AvgIpc) is 2.99. The molecule has 5 aliphatic carbocycles. The van der Waals surface area contributed by atoms with E-state index >= 15 is 0 Å². The van der Waals surface area contributed by atoms with Crippen LogP contribution < -0.4 is 0 Å². The van der Waals surface area contributed by atoms with Gasteiger partial charge in [-0.1, -0.05) is 60.1 Å². The van der Waals surface area contributed by atoms with Gasteiger partial charge in [0.2, 0.25) is 0 Å². The van der Waals surface area contributed by atoms with Crippen LogP contribution in [0.1, 0.15) is 106 Å². The topological polar surface area (TPSA) is 143 Å². The molecule has 9 nitrogen and oxygen atoms in total. The molecule has 14 unspecified atom stereocenters. The van der Waals surface area contributed by atoms with Crippen LogP contribution in [0.25, 0.3) is 0 Å². The van der Waals surface area contributed by atoms with Crippen molar-refractivity contribution in [2.75, 3.05) is 13.7 Å². The molecule has 0 aromatic carbocycles. The lowest BCUT2D eigenvalue weighted by molar-refractivity contribution is -0.327. The molecule has 1 heterocycles. The van der Waals surface area contributed by atoms with Gasteiger partial charge < -0.3 is 34.6 Å². The summed E-state index contributed by atoms with van der Waals surface area (Å²) in [6, 6.07) is 0. The third-order valence-electron chi connectivity index (χ3n) is 15.2. The van der Waals surface area contributed by atoms with Crippen LogP contribution in [-0.4, -0.2) is 82.7 Å². The quantitative estimate of drug-likeness (QED) is 0.200. The molecule has 0 aromatic rings. The third kappa shape index (κ3) is 4.61. The van der Waals surface area contributed by atoms with Gasteiger partial charge in [0.1, 0.15) is 24.1 Å². The van der Waals surface area contributed by atoms with Gasteiger partial charge in [0.15, 0.2) is 12.4 Å². The Hall–Kier alpha value is -1.36. The van der Waals surface area contributed by atoms with Gasteiger partial charge in [-0.25, -0.2) is 4.79 Å². The zero-order chi connectivity index (χ0) is 33.8. The van der Waals surface area contributed by atoms with E-state index in [1.54, 1.807) is 0 Å². The van der Waals surface area contributed by atoms with Crippen molar-refractivity contribution in [1.29, 1.82) is 0 Å². The first-order valence-electron chi connectivity index (χ1n) is 17.6. The Morgan fingerprint density at radius 2 is 1.63 bits per heavy atom. The number of allylic oxidation sites excluding steroid dienone is 2. The number of aliphatic hydroxyl groups excluding tert-OH is 4. The normalized spacial score (nSPS) is 53.2. The SMILES string of the molecule is COC(=O)C1OC(OC2CCC3(C)C(CCC4(C)C3CC=C3C5CC(C)(C)CC(=O)C5(C)CCC34C)C2(C)CO)C(O)C(O)C1O.